The summed E-state index contributed by atoms with van der Waals surface area (Å²) >= 11 is 1.06. The SMILES string of the molecule is C[C@H](Sc1nnc(-c2cccc([N+](=O)[O-])c2)o1)C(=O)Nc1cccc(C#N)c1. The molecule has 0 aliphatic carbocycles. The molecule has 1 aromatic heterocycles. The third kappa shape index (κ3) is 4.52. The average Bonchev–Trinajstić information content (AvgIpc) is 3.16. The second kappa shape index (κ2) is 8.32. The van der Waals surface area contributed by atoms with Crippen LogP contribution in [0.25, 0.3) is 11.5 Å². The van der Waals surface area contributed by atoms with Crippen LogP contribution in [-0.2, 0) is 4.79 Å². The molecule has 10 heteroatoms. The number of anilines is 1. The van der Waals surface area contributed by atoms with E-state index in [1.54, 1.807) is 37.3 Å². The van der Waals surface area contributed by atoms with E-state index in [2.05, 4.69) is 15.5 Å². The number of carbonyl (C=O) groups excluding carboxylic acids is 1. The summed E-state index contributed by atoms with van der Waals surface area (Å²) in [6, 6.07) is 14.4. The predicted molar refractivity (Wildman–Crippen MR) is 101 cm³/mol. The summed E-state index contributed by atoms with van der Waals surface area (Å²) in [5.41, 5.74) is 1.28. The Kier molecular flexibility index (Phi) is 5.67. The molecule has 1 N–H and O–H groups in total. The number of aromatic nitrogens is 2. The van der Waals surface area contributed by atoms with Crippen molar-refractivity contribution in [3.63, 3.8) is 0 Å². The van der Waals surface area contributed by atoms with E-state index in [-0.39, 0.29) is 22.7 Å². The largest absolute Gasteiger partial charge is 0.411 e. The minimum atomic E-state index is -0.552. The molecule has 9 nitrogen and oxygen atoms in total. The van der Waals surface area contributed by atoms with Gasteiger partial charge in [-0.05, 0) is 31.2 Å². The Hall–Kier alpha value is -3.71. The summed E-state index contributed by atoms with van der Waals surface area (Å²) in [5, 5.41) is 29.9. The van der Waals surface area contributed by atoms with Crippen molar-refractivity contribution in [2.75, 3.05) is 5.32 Å². The summed E-state index contributed by atoms with van der Waals surface area (Å²) in [6.07, 6.45) is 0. The van der Waals surface area contributed by atoms with Crippen molar-refractivity contribution in [3.8, 4) is 17.5 Å². The van der Waals surface area contributed by atoms with Crippen LogP contribution < -0.4 is 5.32 Å². The molecule has 0 fully saturated rings. The third-order valence-corrected chi connectivity index (χ3v) is 4.55. The first kappa shape index (κ1) is 19.1. The van der Waals surface area contributed by atoms with E-state index in [1.807, 2.05) is 6.07 Å². The maximum absolute atomic E-state index is 12.3. The van der Waals surface area contributed by atoms with Gasteiger partial charge in [-0.1, -0.05) is 23.9 Å². The Morgan fingerprint density at radius 2 is 2.07 bits per heavy atom. The fraction of sp³-hybridized carbons (Fsp3) is 0.111. The van der Waals surface area contributed by atoms with Crippen LogP contribution in [0.1, 0.15) is 12.5 Å². The zero-order valence-corrected chi connectivity index (χ0v) is 15.3. The summed E-state index contributed by atoms with van der Waals surface area (Å²) < 4.78 is 5.51. The van der Waals surface area contributed by atoms with Crippen LogP contribution in [0.2, 0.25) is 0 Å². The van der Waals surface area contributed by atoms with Gasteiger partial charge < -0.3 is 9.73 Å². The van der Waals surface area contributed by atoms with Gasteiger partial charge in [-0.25, -0.2) is 0 Å². The number of hydrogen-bond donors (Lipinski definition) is 1. The monoisotopic (exact) mass is 395 g/mol. The maximum Gasteiger partial charge on any atom is 0.277 e. The van der Waals surface area contributed by atoms with E-state index in [0.717, 1.165) is 11.8 Å². The lowest BCUT2D eigenvalue weighted by molar-refractivity contribution is -0.384. The Morgan fingerprint density at radius 1 is 1.29 bits per heavy atom. The molecule has 1 atom stereocenters. The minimum absolute atomic E-state index is 0.0859. The number of hydrogen-bond acceptors (Lipinski definition) is 8. The van der Waals surface area contributed by atoms with Crippen LogP contribution >= 0.6 is 11.8 Å². The highest BCUT2D eigenvalue weighted by atomic mass is 32.2. The number of nitro groups is 1. The molecule has 1 amide bonds. The van der Waals surface area contributed by atoms with Gasteiger partial charge in [0.2, 0.25) is 11.8 Å². The molecule has 0 saturated heterocycles. The summed E-state index contributed by atoms with van der Waals surface area (Å²) in [7, 11) is 0. The molecule has 28 heavy (non-hydrogen) atoms. The lowest BCUT2D eigenvalue weighted by Crippen LogP contribution is -2.22. The van der Waals surface area contributed by atoms with Gasteiger partial charge in [0.25, 0.3) is 10.9 Å². The number of nitrogens with zero attached hydrogens (tertiary/aromatic N) is 4. The number of rotatable bonds is 6. The second-order valence-corrected chi connectivity index (χ2v) is 6.91. The number of carbonyl (C=O) groups is 1. The maximum atomic E-state index is 12.3. The van der Waals surface area contributed by atoms with Crippen molar-refractivity contribution >= 4 is 29.0 Å². The molecule has 0 unspecified atom stereocenters. The Bertz CT molecular complexity index is 1080. The number of nitriles is 1. The lowest BCUT2D eigenvalue weighted by Gasteiger charge is -2.09. The summed E-state index contributed by atoms with van der Waals surface area (Å²) in [5.74, 6) is -0.171. The van der Waals surface area contributed by atoms with Gasteiger partial charge in [0, 0.05) is 23.4 Å². The van der Waals surface area contributed by atoms with Crippen LogP contribution in [0.5, 0.6) is 0 Å². The highest BCUT2D eigenvalue weighted by Crippen LogP contribution is 2.28. The number of non-ortho nitro benzene ring substituents is 1. The molecule has 0 bridgehead atoms. The van der Waals surface area contributed by atoms with Crippen LogP contribution in [0.15, 0.2) is 58.2 Å². The van der Waals surface area contributed by atoms with Gasteiger partial charge in [-0.3, -0.25) is 14.9 Å². The lowest BCUT2D eigenvalue weighted by atomic mass is 10.2. The van der Waals surface area contributed by atoms with Crippen molar-refractivity contribution in [2.45, 2.75) is 17.4 Å². The molecular formula is C18H13N5O4S. The standard InChI is InChI=1S/C18H13N5O4S/c1-11(16(24)20-14-6-2-4-12(8-14)10-19)28-18-22-21-17(27-18)13-5-3-7-15(9-13)23(25)26/h2-9,11H,1H3,(H,20,24)/t11-/m0/s1. The van der Waals surface area contributed by atoms with Gasteiger partial charge in [-0.15, -0.1) is 10.2 Å². The topological polar surface area (TPSA) is 135 Å². The summed E-state index contributed by atoms with van der Waals surface area (Å²) in [6.45, 7) is 1.67. The van der Waals surface area contributed by atoms with E-state index < -0.39 is 10.2 Å². The molecule has 3 rings (SSSR count). The van der Waals surface area contributed by atoms with Gasteiger partial charge >= 0.3 is 0 Å². The molecule has 0 aliphatic rings. The second-order valence-electron chi connectivity index (χ2n) is 5.62. The number of thioether (sulfide) groups is 1. The van der Waals surface area contributed by atoms with Crippen LogP contribution in [0.3, 0.4) is 0 Å². The Balaban J connectivity index is 1.67. The molecular weight excluding hydrogens is 382 g/mol. The molecule has 0 radical (unpaired) electrons. The van der Waals surface area contributed by atoms with Gasteiger partial charge in [0.05, 0.1) is 21.8 Å². The number of nitrogens with one attached hydrogen (secondary N) is 1. The molecule has 0 saturated carbocycles. The van der Waals surface area contributed by atoms with Crippen molar-refractivity contribution in [1.82, 2.24) is 10.2 Å². The van der Waals surface area contributed by atoms with E-state index in [4.69, 9.17) is 9.68 Å². The van der Waals surface area contributed by atoms with Crippen molar-refractivity contribution in [1.29, 1.82) is 5.26 Å². The highest BCUT2D eigenvalue weighted by Gasteiger charge is 2.19. The van der Waals surface area contributed by atoms with Gasteiger partial charge in [0.15, 0.2) is 0 Å². The third-order valence-electron chi connectivity index (χ3n) is 3.62. The predicted octanol–water partition coefficient (Wildman–Crippen LogP) is 3.64. The molecule has 0 aliphatic heterocycles. The Morgan fingerprint density at radius 3 is 2.82 bits per heavy atom. The fourth-order valence-corrected chi connectivity index (χ4v) is 2.93. The smallest absolute Gasteiger partial charge is 0.277 e. The molecule has 2 aromatic carbocycles. The molecule has 0 spiro atoms. The van der Waals surface area contributed by atoms with Crippen LogP contribution in [0.4, 0.5) is 11.4 Å². The molecule has 3 aromatic rings. The van der Waals surface area contributed by atoms with Crippen molar-refractivity contribution in [3.05, 3.63) is 64.2 Å². The van der Waals surface area contributed by atoms with Gasteiger partial charge in [0.1, 0.15) is 0 Å². The normalized spacial score (nSPS) is 11.4. The highest BCUT2D eigenvalue weighted by molar-refractivity contribution is 8.00. The van der Waals surface area contributed by atoms with Crippen molar-refractivity contribution in [2.24, 2.45) is 0 Å². The first-order valence-electron chi connectivity index (χ1n) is 8.02. The van der Waals surface area contributed by atoms with E-state index in [1.165, 1.54) is 18.2 Å². The zero-order chi connectivity index (χ0) is 20.1. The van der Waals surface area contributed by atoms with E-state index in [0.29, 0.717) is 16.8 Å². The van der Waals surface area contributed by atoms with E-state index in [9.17, 15) is 14.9 Å². The summed E-state index contributed by atoms with van der Waals surface area (Å²) in [4.78, 5) is 22.7. The number of benzene rings is 2. The fourth-order valence-electron chi connectivity index (χ4n) is 2.24. The van der Waals surface area contributed by atoms with Gasteiger partial charge in [-0.2, -0.15) is 5.26 Å². The number of amides is 1. The van der Waals surface area contributed by atoms with E-state index >= 15 is 0 Å². The Labute approximate surface area is 163 Å². The molecule has 1 heterocycles. The first-order valence-corrected chi connectivity index (χ1v) is 8.90. The minimum Gasteiger partial charge on any atom is -0.411 e. The quantitative estimate of drug-likeness (QED) is 0.380. The van der Waals surface area contributed by atoms with Crippen LogP contribution in [-0.4, -0.2) is 26.3 Å². The van der Waals surface area contributed by atoms with Crippen molar-refractivity contribution < 1.29 is 14.1 Å². The number of nitro benzene ring substituents is 1. The average molecular weight is 395 g/mol. The van der Waals surface area contributed by atoms with Crippen LogP contribution in [0, 0.1) is 21.4 Å². The molecule has 140 valence electrons. The first-order chi connectivity index (χ1) is 13.5. The zero-order valence-electron chi connectivity index (χ0n) is 14.5.